The van der Waals surface area contributed by atoms with Crippen LogP contribution in [0.4, 0.5) is 5.69 Å². The molecular weight excluding hydrogens is 466 g/mol. The molecule has 2 N–H and O–H groups in total. The van der Waals surface area contributed by atoms with Crippen molar-refractivity contribution < 1.29 is 9.53 Å². The van der Waals surface area contributed by atoms with Crippen molar-refractivity contribution in [2.24, 2.45) is 12.8 Å². The highest BCUT2D eigenvalue weighted by molar-refractivity contribution is 6.02. The summed E-state index contributed by atoms with van der Waals surface area (Å²) in [5, 5.41) is 6.28. The van der Waals surface area contributed by atoms with Gasteiger partial charge >= 0.3 is 0 Å². The first-order valence-electron chi connectivity index (χ1n) is 12.2. The molecule has 0 aliphatic carbocycles. The Bertz CT molecular complexity index is 1610. The molecule has 1 unspecified atom stereocenters. The normalized spacial score (nSPS) is 15.4. The summed E-state index contributed by atoms with van der Waals surface area (Å²) in [5.41, 5.74) is 11.5. The van der Waals surface area contributed by atoms with Gasteiger partial charge in [0.2, 0.25) is 0 Å². The maximum atomic E-state index is 12.2. The smallest absolute Gasteiger partial charge is 0.250 e. The number of aromatic nitrogens is 5. The SMILES string of the molecule is CN(c1cc(-c2nccc3c(-n4cnc(-c5cnn(C)c5)c4)cccc23)ccc1C(N)=O)C1CCCO1. The van der Waals surface area contributed by atoms with Crippen molar-refractivity contribution >= 4 is 22.4 Å². The summed E-state index contributed by atoms with van der Waals surface area (Å²) in [4.78, 5) is 23.6. The third-order valence-corrected chi connectivity index (χ3v) is 6.90. The van der Waals surface area contributed by atoms with E-state index < -0.39 is 5.91 Å². The molecule has 1 aliphatic heterocycles. The number of hydrogen-bond acceptors (Lipinski definition) is 6. The predicted octanol–water partition coefficient (Wildman–Crippen LogP) is 4.16. The molecule has 1 fully saturated rings. The lowest BCUT2D eigenvalue weighted by Crippen LogP contribution is -2.32. The summed E-state index contributed by atoms with van der Waals surface area (Å²) in [6.07, 6.45) is 11.2. The molecule has 4 heterocycles. The number of imidazole rings is 1. The number of nitrogens with zero attached hydrogens (tertiary/aromatic N) is 6. The third kappa shape index (κ3) is 4.13. The van der Waals surface area contributed by atoms with Gasteiger partial charge in [-0.15, -0.1) is 0 Å². The van der Waals surface area contributed by atoms with Gasteiger partial charge in [-0.05, 0) is 37.1 Å². The number of benzene rings is 2. The second-order valence-corrected chi connectivity index (χ2v) is 9.28. The van der Waals surface area contributed by atoms with E-state index in [1.54, 1.807) is 16.9 Å². The molecule has 0 radical (unpaired) electrons. The molecule has 0 saturated carbocycles. The minimum atomic E-state index is -0.468. The van der Waals surface area contributed by atoms with E-state index in [-0.39, 0.29) is 6.23 Å². The van der Waals surface area contributed by atoms with E-state index in [2.05, 4.69) is 22.2 Å². The monoisotopic (exact) mass is 493 g/mol. The van der Waals surface area contributed by atoms with Gasteiger partial charge < -0.3 is 19.9 Å². The van der Waals surface area contributed by atoms with Crippen LogP contribution in [-0.2, 0) is 11.8 Å². The first-order valence-corrected chi connectivity index (χ1v) is 12.2. The zero-order valence-corrected chi connectivity index (χ0v) is 20.7. The van der Waals surface area contributed by atoms with E-state index in [0.717, 1.165) is 57.5 Å². The van der Waals surface area contributed by atoms with E-state index in [9.17, 15) is 4.79 Å². The average Bonchev–Trinajstić information content (AvgIpc) is 3.69. The lowest BCUT2D eigenvalue weighted by atomic mass is 10.00. The van der Waals surface area contributed by atoms with Gasteiger partial charge in [0, 0.05) is 61.2 Å². The van der Waals surface area contributed by atoms with E-state index in [1.165, 1.54) is 0 Å². The number of hydrogen-bond donors (Lipinski definition) is 1. The molecule has 9 heteroatoms. The molecule has 1 amide bonds. The van der Waals surface area contributed by atoms with Gasteiger partial charge in [0.05, 0.1) is 40.9 Å². The first kappa shape index (κ1) is 22.9. The lowest BCUT2D eigenvalue weighted by molar-refractivity contribution is 0.0996. The minimum absolute atomic E-state index is 0.0873. The van der Waals surface area contributed by atoms with Crippen molar-refractivity contribution in [3.63, 3.8) is 0 Å². The molecule has 5 aromatic rings. The maximum absolute atomic E-state index is 12.2. The van der Waals surface area contributed by atoms with Gasteiger partial charge in [0.25, 0.3) is 5.91 Å². The van der Waals surface area contributed by atoms with Crippen LogP contribution < -0.4 is 10.6 Å². The van der Waals surface area contributed by atoms with E-state index in [1.807, 2.05) is 72.7 Å². The number of amides is 1. The van der Waals surface area contributed by atoms with Crippen LogP contribution in [0.25, 0.3) is 39.0 Å². The fourth-order valence-electron chi connectivity index (χ4n) is 5.00. The van der Waals surface area contributed by atoms with Crippen LogP contribution in [0.1, 0.15) is 23.2 Å². The molecule has 1 aliphatic rings. The fourth-order valence-corrected chi connectivity index (χ4v) is 5.00. The molecule has 1 atom stereocenters. The lowest BCUT2D eigenvalue weighted by Gasteiger charge is -2.27. The highest BCUT2D eigenvalue weighted by Gasteiger charge is 2.24. The van der Waals surface area contributed by atoms with Crippen molar-refractivity contribution in [1.82, 2.24) is 24.3 Å². The Morgan fingerprint density at radius 3 is 2.76 bits per heavy atom. The molecule has 6 rings (SSSR count). The summed E-state index contributed by atoms with van der Waals surface area (Å²) in [7, 11) is 3.83. The van der Waals surface area contributed by atoms with Crippen molar-refractivity contribution in [1.29, 1.82) is 0 Å². The number of anilines is 1. The molecule has 0 spiro atoms. The van der Waals surface area contributed by atoms with E-state index in [0.29, 0.717) is 12.2 Å². The summed E-state index contributed by atoms with van der Waals surface area (Å²) in [6, 6.07) is 13.8. The van der Waals surface area contributed by atoms with Crippen molar-refractivity contribution in [3.8, 4) is 28.2 Å². The number of aryl methyl sites for hydroxylation is 1. The fraction of sp³-hybridized carbons (Fsp3) is 0.214. The van der Waals surface area contributed by atoms with E-state index >= 15 is 0 Å². The number of rotatable bonds is 6. The number of ether oxygens (including phenoxy) is 1. The third-order valence-electron chi connectivity index (χ3n) is 6.90. The maximum Gasteiger partial charge on any atom is 0.250 e. The summed E-state index contributed by atoms with van der Waals surface area (Å²) >= 11 is 0. The number of primary amides is 1. The Morgan fingerprint density at radius 1 is 1.11 bits per heavy atom. The van der Waals surface area contributed by atoms with Crippen LogP contribution >= 0.6 is 0 Å². The van der Waals surface area contributed by atoms with Gasteiger partial charge in [0.15, 0.2) is 0 Å². The Hall–Kier alpha value is -4.50. The van der Waals surface area contributed by atoms with E-state index in [4.69, 9.17) is 15.5 Å². The number of pyridine rings is 1. The van der Waals surface area contributed by atoms with Gasteiger partial charge in [-0.25, -0.2) is 4.98 Å². The van der Waals surface area contributed by atoms with Gasteiger partial charge in [-0.1, -0.05) is 18.2 Å². The Balaban J connectivity index is 1.44. The topological polar surface area (TPSA) is 104 Å². The van der Waals surface area contributed by atoms with Gasteiger partial charge in [0.1, 0.15) is 6.23 Å². The summed E-state index contributed by atoms with van der Waals surface area (Å²) in [6.45, 7) is 0.713. The molecule has 3 aromatic heterocycles. The molecule has 186 valence electrons. The first-order chi connectivity index (χ1) is 18.0. The minimum Gasteiger partial charge on any atom is -0.366 e. The second kappa shape index (κ2) is 9.18. The standard InChI is InChI=1S/C28H27N7O2/c1-33-15-19(14-32-33)23-16-35(17-31-23)24-6-3-5-21-20(24)10-11-30-27(21)18-8-9-22(28(29)36)25(13-18)34(2)26-7-4-12-37-26/h3,5-6,8-11,13-17,26H,4,7,12H2,1-2H3,(H2,29,36). The summed E-state index contributed by atoms with van der Waals surface area (Å²) < 4.78 is 9.64. The Labute approximate surface area is 214 Å². The Kier molecular flexibility index (Phi) is 5.69. The zero-order chi connectivity index (χ0) is 25.5. The quantitative estimate of drug-likeness (QED) is 0.381. The second-order valence-electron chi connectivity index (χ2n) is 9.28. The van der Waals surface area contributed by atoms with Gasteiger partial charge in [-0.2, -0.15) is 5.10 Å². The zero-order valence-electron chi connectivity index (χ0n) is 20.7. The number of fused-ring (bicyclic) bond motifs is 1. The van der Waals surface area contributed by atoms with Gasteiger partial charge in [-0.3, -0.25) is 14.5 Å². The largest absolute Gasteiger partial charge is 0.366 e. The average molecular weight is 494 g/mol. The summed E-state index contributed by atoms with van der Waals surface area (Å²) in [5.74, 6) is -0.468. The number of carbonyl (C=O) groups is 1. The number of nitrogens with two attached hydrogens (primary N) is 1. The molecule has 2 aromatic carbocycles. The number of carbonyl (C=O) groups excluding carboxylic acids is 1. The highest BCUT2D eigenvalue weighted by atomic mass is 16.5. The van der Waals surface area contributed by atoms with Crippen molar-refractivity contribution in [2.75, 3.05) is 18.6 Å². The molecule has 0 bridgehead atoms. The van der Waals surface area contributed by atoms with Crippen molar-refractivity contribution in [3.05, 3.63) is 79.1 Å². The van der Waals surface area contributed by atoms with Crippen LogP contribution in [0.3, 0.4) is 0 Å². The molecule has 37 heavy (non-hydrogen) atoms. The Morgan fingerprint density at radius 2 is 2.00 bits per heavy atom. The van der Waals surface area contributed by atoms with Crippen LogP contribution in [0.2, 0.25) is 0 Å². The van der Waals surface area contributed by atoms with Crippen LogP contribution in [0, 0.1) is 0 Å². The predicted molar refractivity (Wildman–Crippen MR) is 142 cm³/mol. The van der Waals surface area contributed by atoms with Crippen LogP contribution in [0.5, 0.6) is 0 Å². The molecule has 9 nitrogen and oxygen atoms in total. The van der Waals surface area contributed by atoms with Crippen molar-refractivity contribution in [2.45, 2.75) is 19.1 Å². The molecular formula is C28H27N7O2. The van der Waals surface area contributed by atoms with Crippen LogP contribution in [0.15, 0.2) is 73.6 Å². The highest BCUT2D eigenvalue weighted by Crippen LogP contribution is 2.35. The molecule has 1 saturated heterocycles. The van der Waals surface area contributed by atoms with Crippen LogP contribution in [-0.4, -0.2) is 50.1 Å².